The maximum absolute atomic E-state index is 8.66. The van der Waals surface area contributed by atoms with Crippen LogP contribution in [0.1, 0.15) is 12.8 Å². The van der Waals surface area contributed by atoms with Crippen molar-refractivity contribution in [1.82, 2.24) is 0 Å². The molecule has 6 nitrogen and oxygen atoms in total. The summed E-state index contributed by atoms with van der Waals surface area (Å²) in [6, 6.07) is 0. The Hall–Kier alpha value is -1.38. The molecular weight excluding hydrogens is 228 g/mol. The highest BCUT2D eigenvalue weighted by Crippen LogP contribution is 2.97. The zero-order valence-electron chi connectivity index (χ0n) is 9.98. The van der Waals surface area contributed by atoms with Crippen LogP contribution in [0.3, 0.4) is 0 Å². The van der Waals surface area contributed by atoms with Crippen LogP contribution in [0.15, 0.2) is 10.2 Å². The molecule has 8 atom stereocenters. The second-order valence-corrected chi connectivity index (χ2v) is 6.98. The van der Waals surface area contributed by atoms with Gasteiger partial charge in [0.1, 0.15) is 0 Å². The molecule has 0 amide bonds. The Kier molecular flexibility index (Phi) is 1.32. The van der Waals surface area contributed by atoms with E-state index in [4.69, 9.17) is 11.1 Å². The van der Waals surface area contributed by atoms with E-state index in [-0.39, 0.29) is 10.8 Å². The minimum atomic E-state index is 0.213. The summed E-state index contributed by atoms with van der Waals surface area (Å²) in [5, 5.41) is 7.84. The Balaban J connectivity index is 1.64. The quantitative estimate of drug-likeness (QED) is 0.411. The van der Waals surface area contributed by atoms with Crippen LogP contribution in [0.25, 0.3) is 20.9 Å². The molecule has 6 saturated carbocycles. The van der Waals surface area contributed by atoms with Crippen LogP contribution in [0, 0.1) is 46.3 Å². The Morgan fingerprint density at radius 3 is 2.61 bits per heavy atom. The summed E-state index contributed by atoms with van der Waals surface area (Å²) in [5.41, 5.74) is 17.7. The van der Waals surface area contributed by atoms with E-state index in [9.17, 15) is 0 Å². The van der Waals surface area contributed by atoms with Gasteiger partial charge in [0.2, 0.25) is 0 Å². The molecule has 0 aromatic rings. The van der Waals surface area contributed by atoms with Crippen molar-refractivity contribution in [3.63, 3.8) is 0 Å². The summed E-state index contributed by atoms with van der Waals surface area (Å²) in [6.07, 6.45) is 2.59. The highest BCUT2D eigenvalue weighted by Gasteiger charge is 2.94. The van der Waals surface area contributed by atoms with Gasteiger partial charge in [0.05, 0.1) is 0 Å². The molecule has 0 heterocycles. The van der Waals surface area contributed by atoms with Crippen LogP contribution in [-0.2, 0) is 0 Å². The molecule has 6 aliphatic carbocycles. The predicted octanol–water partition coefficient (Wildman–Crippen LogP) is 3.13. The van der Waals surface area contributed by atoms with Gasteiger partial charge in [-0.1, -0.05) is 10.2 Å². The Morgan fingerprint density at radius 2 is 1.83 bits per heavy atom. The molecule has 6 fully saturated rings. The van der Waals surface area contributed by atoms with Crippen molar-refractivity contribution in [2.45, 2.75) is 12.8 Å². The van der Waals surface area contributed by atoms with E-state index in [1.807, 2.05) is 0 Å². The summed E-state index contributed by atoms with van der Waals surface area (Å²) < 4.78 is 0. The third-order valence-corrected chi connectivity index (χ3v) is 7.53. The molecule has 6 aliphatic rings. The zero-order valence-corrected chi connectivity index (χ0v) is 9.98. The number of hydrogen-bond acceptors (Lipinski definition) is 2. The number of nitrogens with zero attached hydrogens (tertiary/aromatic N) is 6. The van der Waals surface area contributed by atoms with Gasteiger partial charge in [-0.25, -0.2) is 0 Å². The van der Waals surface area contributed by atoms with E-state index in [1.54, 1.807) is 0 Å². The predicted molar refractivity (Wildman–Crippen MR) is 63.1 cm³/mol. The molecule has 0 N–H and O–H groups in total. The highest BCUT2D eigenvalue weighted by molar-refractivity contribution is 5.42. The first-order chi connectivity index (χ1) is 8.82. The first-order valence-corrected chi connectivity index (χ1v) is 6.83. The van der Waals surface area contributed by atoms with Crippen molar-refractivity contribution in [2.75, 3.05) is 13.1 Å². The lowest BCUT2D eigenvalue weighted by atomic mass is 9.28. The smallest absolute Gasteiger partial charge is 0.0325 e. The summed E-state index contributed by atoms with van der Waals surface area (Å²) in [5.74, 6) is 5.06. The maximum Gasteiger partial charge on any atom is 0.0325 e. The Labute approximate surface area is 104 Å². The van der Waals surface area contributed by atoms with Crippen LogP contribution < -0.4 is 0 Å². The zero-order chi connectivity index (χ0) is 12.1. The second-order valence-electron chi connectivity index (χ2n) is 6.98. The average molecular weight is 242 g/mol. The van der Waals surface area contributed by atoms with Crippen molar-refractivity contribution in [2.24, 2.45) is 56.6 Å². The monoisotopic (exact) mass is 242 g/mol. The molecular formula is C12H14N6. The lowest BCUT2D eigenvalue weighted by Gasteiger charge is -2.76. The van der Waals surface area contributed by atoms with E-state index < -0.39 is 0 Å². The summed E-state index contributed by atoms with van der Waals surface area (Å²) in [6.45, 7) is 1.29. The van der Waals surface area contributed by atoms with Gasteiger partial charge in [-0.15, -0.1) is 0 Å². The van der Waals surface area contributed by atoms with E-state index in [2.05, 4.69) is 20.1 Å². The van der Waals surface area contributed by atoms with Gasteiger partial charge >= 0.3 is 0 Å². The molecule has 92 valence electrons. The normalized spacial score (nSPS) is 62.9. The first kappa shape index (κ1) is 9.54. The molecule has 8 unspecified atom stereocenters. The molecule has 0 saturated heterocycles. The molecule has 0 aromatic heterocycles. The standard InChI is InChI=1S/C12H14N6/c13-17-15-3-11-2-6-7-1-5-8(6)10(11)9(5)12(7,11)4-16-18-14/h5-10H,1-4H2. The number of hydrogen-bond donors (Lipinski definition) is 0. The molecule has 6 rings (SSSR count). The van der Waals surface area contributed by atoms with Gasteiger partial charge in [0.15, 0.2) is 0 Å². The SMILES string of the molecule is [N-]=[N+]=NCC12CC3C4C5CC3C1(CN=[N+]=[N-])C5C42. The Morgan fingerprint density at radius 1 is 1.06 bits per heavy atom. The van der Waals surface area contributed by atoms with Crippen LogP contribution in [-0.4, -0.2) is 13.1 Å². The number of rotatable bonds is 4. The lowest BCUT2D eigenvalue weighted by molar-refractivity contribution is -0.286. The van der Waals surface area contributed by atoms with Gasteiger partial charge in [0, 0.05) is 22.9 Å². The molecule has 0 radical (unpaired) electrons. The van der Waals surface area contributed by atoms with E-state index in [0.29, 0.717) is 13.1 Å². The topological polar surface area (TPSA) is 97.5 Å². The van der Waals surface area contributed by atoms with Crippen molar-refractivity contribution < 1.29 is 0 Å². The lowest BCUT2D eigenvalue weighted by Crippen LogP contribution is -2.75. The second kappa shape index (κ2) is 2.49. The minimum absolute atomic E-state index is 0.213. The third kappa shape index (κ3) is 0.576. The van der Waals surface area contributed by atoms with Gasteiger partial charge in [-0.2, -0.15) is 0 Å². The highest BCUT2D eigenvalue weighted by atomic mass is 15.2. The van der Waals surface area contributed by atoms with Crippen molar-refractivity contribution in [3.05, 3.63) is 20.9 Å². The molecule has 4 bridgehead atoms. The first-order valence-electron chi connectivity index (χ1n) is 6.83. The van der Waals surface area contributed by atoms with Gasteiger partial charge in [-0.05, 0) is 70.2 Å². The fourth-order valence-electron chi connectivity index (χ4n) is 7.69. The van der Waals surface area contributed by atoms with Crippen LogP contribution in [0.2, 0.25) is 0 Å². The Bertz CT molecular complexity index is 561. The number of azide groups is 2. The average Bonchev–Trinajstić information content (AvgIpc) is 2.84. The van der Waals surface area contributed by atoms with Crippen LogP contribution in [0.5, 0.6) is 0 Å². The third-order valence-electron chi connectivity index (χ3n) is 7.53. The molecule has 0 aliphatic heterocycles. The summed E-state index contributed by atoms with van der Waals surface area (Å²) in [4.78, 5) is 5.97. The molecule has 6 heteroatoms. The minimum Gasteiger partial charge on any atom is -0.0934 e. The van der Waals surface area contributed by atoms with Crippen molar-refractivity contribution >= 4 is 0 Å². The van der Waals surface area contributed by atoms with Gasteiger partial charge < -0.3 is 0 Å². The van der Waals surface area contributed by atoms with Crippen LogP contribution in [0.4, 0.5) is 0 Å². The molecule has 0 spiro atoms. The fourth-order valence-corrected chi connectivity index (χ4v) is 7.69. The van der Waals surface area contributed by atoms with E-state index >= 15 is 0 Å². The van der Waals surface area contributed by atoms with Crippen molar-refractivity contribution in [3.8, 4) is 0 Å². The fraction of sp³-hybridized carbons (Fsp3) is 1.00. The summed E-state index contributed by atoms with van der Waals surface area (Å²) >= 11 is 0. The molecule has 18 heavy (non-hydrogen) atoms. The van der Waals surface area contributed by atoms with Gasteiger partial charge in [-0.3, -0.25) is 0 Å². The van der Waals surface area contributed by atoms with Crippen LogP contribution >= 0.6 is 0 Å². The maximum atomic E-state index is 8.66. The molecule has 0 aromatic carbocycles. The van der Waals surface area contributed by atoms with E-state index in [1.165, 1.54) is 12.8 Å². The summed E-state index contributed by atoms with van der Waals surface area (Å²) in [7, 11) is 0. The van der Waals surface area contributed by atoms with E-state index in [0.717, 1.165) is 35.5 Å². The van der Waals surface area contributed by atoms with Crippen molar-refractivity contribution in [1.29, 1.82) is 0 Å². The largest absolute Gasteiger partial charge is 0.0934 e. The van der Waals surface area contributed by atoms with Gasteiger partial charge in [0.25, 0.3) is 0 Å².